The molecule has 0 radical (unpaired) electrons. The lowest BCUT2D eigenvalue weighted by atomic mass is 10.2. The van der Waals surface area contributed by atoms with E-state index in [1.165, 1.54) is 0 Å². The molecule has 2 aromatic rings. The minimum atomic E-state index is -0.131. The van der Waals surface area contributed by atoms with Crippen LogP contribution >= 0.6 is 0 Å². The maximum Gasteiger partial charge on any atom is 0.246 e. The van der Waals surface area contributed by atoms with E-state index in [0.29, 0.717) is 29.7 Å². The molecule has 6 nitrogen and oxygen atoms in total. The lowest BCUT2D eigenvalue weighted by Crippen LogP contribution is -2.30. The third kappa shape index (κ3) is 4.24. The van der Waals surface area contributed by atoms with Crippen molar-refractivity contribution in [2.45, 2.75) is 20.5 Å². The van der Waals surface area contributed by atoms with Gasteiger partial charge in [0.15, 0.2) is 5.76 Å². The number of nitrogens with one attached hydrogen (secondary N) is 1. The summed E-state index contributed by atoms with van der Waals surface area (Å²) in [6.07, 6.45) is 1.56. The first-order chi connectivity index (χ1) is 9.65. The van der Waals surface area contributed by atoms with Crippen LogP contribution in [0.5, 0.6) is 0 Å². The van der Waals surface area contributed by atoms with Gasteiger partial charge >= 0.3 is 0 Å². The Hall–Kier alpha value is -2.08. The molecule has 0 unspecified atom stereocenters. The highest BCUT2D eigenvalue weighted by Crippen LogP contribution is 2.20. The fourth-order valence-electron chi connectivity index (χ4n) is 1.53. The van der Waals surface area contributed by atoms with E-state index in [1.807, 2.05) is 13.8 Å². The molecule has 0 aliphatic heterocycles. The number of aromatic nitrogens is 1. The predicted octanol–water partition coefficient (Wildman–Crippen LogP) is 2.22. The van der Waals surface area contributed by atoms with Gasteiger partial charge in [-0.1, -0.05) is 19.0 Å². The first kappa shape index (κ1) is 14.3. The molecular formula is C14H18N2O4. The Labute approximate surface area is 117 Å². The molecule has 2 aromatic heterocycles. The number of hydrogen-bond donors (Lipinski definition) is 1. The monoisotopic (exact) mass is 278 g/mol. The van der Waals surface area contributed by atoms with Crippen molar-refractivity contribution >= 4 is 5.91 Å². The molecule has 2 rings (SSSR count). The van der Waals surface area contributed by atoms with E-state index in [-0.39, 0.29) is 19.1 Å². The van der Waals surface area contributed by atoms with E-state index >= 15 is 0 Å². The van der Waals surface area contributed by atoms with E-state index in [9.17, 15) is 4.79 Å². The molecule has 0 saturated heterocycles. The Bertz CT molecular complexity index is 531. The van der Waals surface area contributed by atoms with E-state index in [4.69, 9.17) is 13.7 Å². The number of carbonyl (C=O) groups is 1. The molecular weight excluding hydrogens is 260 g/mol. The summed E-state index contributed by atoms with van der Waals surface area (Å²) in [5, 5.41) is 6.62. The van der Waals surface area contributed by atoms with Crippen LogP contribution in [0.3, 0.4) is 0 Å². The highest BCUT2D eigenvalue weighted by atomic mass is 16.5. The average molecular weight is 278 g/mol. The summed E-state index contributed by atoms with van der Waals surface area (Å²) < 4.78 is 15.6. The Kier molecular flexibility index (Phi) is 4.95. The fraction of sp³-hybridized carbons (Fsp3) is 0.429. The third-order valence-electron chi connectivity index (χ3n) is 2.51. The molecule has 0 saturated carbocycles. The first-order valence-corrected chi connectivity index (χ1v) is 6.49. The second-order valence-corrected chi connectivity index (χ2v) is 4.85. The van der Waals surface area contributed by atoms with E-state index < -0.39 is 0 Å². The van der Waals surface area contributed by atoms with Gasteiger partial charge in [0.25, 0.3) is 0 Å². The van der Waals surface area contributed by atoms with Crippen molar-refractivity contribution in [1.29, 1.82) is 0 Å². The zero-order chi connectivity index (χ0) is 14.4. The minimum Gasteiger partial charge on any atom is -0.461 e. The number of furan rings is 1. The highest BCUT2D eigenvalue weighted by Gasteiger charge is 2.09. The molecule has 0 aliphatic rings. The van der Waals surface area contributed by atoms with Crippen LogP contribution in [0, 0.1) is 5.92 Å². The first-order valence-electron chi connectivity index (χ1n) is 6.49. The standard InChI is InChI=1S/C14H18N2O4/c1-10(2)7-15-14(17)9-18-8-11-6-13(20-16-11)12-4-3-5-19-12/h3-6,10H,7-9H2,1-2H3,(H,15,17). The van der Waals surface area contributed by atoms with Crippen LogP contribution in [0.4, 0.5) is 0 Å². The van der Waals surface area contributed by atoms with Gasteiger partial charge in [0.05, 0.1) is 12.9 Å². The molecule has 0 atom stereocenters. The van der Waals surface area contributed by atoms with Crippen molar-refractivity contribution in [3.63, 3.8) is 0 Å². The summed E-state index contributed by atoms with van der Waals surface area (Å²) >= 11 is 0. The number of ether oxygens (including phenoxy) is 1. The predicted molar refractivity (Wildman–Crippen MR) is 71.7 cm³/mol. The molecule has 0 aliphatic carbocycles. The van der Waals surface area contributed by atoms with Crippen LogP contribution in [-0.2, 0) is 16.1 Å². The summed E-state index contributed by atoms with van der Waals surface area (Å²) in [4.78, 5) is 11.4. The van der Waals surface area contributed by atoms with Gasteiger partial charge in [-0.15, -0.1) is 0 Å². The largest absolute Gasteiger partial charge is 0.461 e. The Morgan fingerprint density at radius 2 is 2.30 bits per heavy atom. The van der Waals surface area contributed by atoms with Gasteiger partial charge in [-0.05, 0) is 18.1 Å². The highest BCUT2D eigenvalue weighted by molar-refractivity contribution is 5.77. The number of carbonyl (C=O) groups excluding carboxylic acids is 1. The molecule has 0 spiro atoms. The van der Waals surface area contributed by atoms with Crippen molar-refractivity contribution < 1.29 is 18.5 Å². The van der Waals surface area contributed by atoms with Crippen molar-refractivity contribution in [3.05, 3.63) is 30.2 Å². The quantitative estimate of drug-likeness (QED) is 0.840. The van der Waals surface area contributed by atoms with Gasteiger partial charge in [-0.2, -0.15) is 0 Å². The normalized spacial score (nSPS) is 10.9. The topological polar surface area (TPSA) is 77.5 Å². The minimum absolute atomic E-state index is 0.00959. The van der Waals surface area contributed by atoms with Gasteiger partial charge in [-0.25, -0.2) is 0 Å². The molecule has 0 aromatic carbocycles. The smallest absolute Gasteiger partial charge is 0.246 e. The van der Waals surface area contributed by atoms with Crippen LogP contribution in [0.15, 0.2) is 33.4 Å². The summed E-state index contributed by atoms with van der Waals surface area (Å²) in [5.74, 6) is 1.44. The number of rotatable bonds is 7. The van der Waals surface area contributed by atoms with E-state index in [1.54, 1.807) is 24.5 Å². The third-order valence-corrected chi connectivity index (χ3v) is 2.51. The van der Waals surface area contributed by atoms with Gasteiger partial charge in [0.2, 0.25) is 11.7 Å². The maximum atomic E-state index is 11.4. The number of hydrogen-bond acceptors (Lipinski definition) is 5. The lowest BCUT2D eigenvalue weighted by molar-refractivity contribution is -0.126. The molecule has 1 amide bonds. The van der Waals surface area contributed by atoms with E-state index in [0.717, 1.165) is 0 Å². The molecule has 108 valence electrons. The van der Waals surface area contributed by atoms with Crippen LogP contribution in [0.1, 0.15) is 19.5 Å². The van der Waals surface area contributed by atoms with Gasteiger partial charge in [0.1, 0.15) is 12.3 Å². The molecule has 1 N–H and O–H groups in total. The van der Waals surface area contributed by atoms with Gasteiger partial charge < -0.3 is 19.0 Å². The Balaban J connectivity index is 1.73. The van der Waals surface area contributed by atoms with Crippen molar-refractivity contribution in [3.8, 4) is 11.5 Å². The van der Waals surface area contributed by atoms with Crippen LogP contribution in [0.25, 0.3) is 11.5 Å². The van der Waals surface area contributed by atoms with Gasteiger partial charge in [0, 0.05) is 12.6 Å². The molecule has 0 bridgehead atoms. The fourth-order valence-corrected chi connectivity index (χ4v) is 1.53. The SMILES string of the molecule is CC(C)CNC(=O)COCc1cc(-c2ccco2)on1. The van der Waals surface area contributed by atoms with Crippen molar-refractivity contribution in [2.75, 3.05) is 13.2 Å². The summed E-state index contributed by atoms with van der Waals surface area (Å²) in [6, 6.07) is 5.28. The van der Waals surface area contributed by atoms with Gasteiger partial charge in [-0.3, -0.25) is 4.79 Å². The maximum absolute atomic E-state index is 11.4. The van der Waals surface area contributed by atoms with Crippen LogP contribution in [-0.4, -0.2) is 24.2 Å². The molecule has 0 fully saturated rings. The Morgan fingerprint density at radius 1 is 1.45 bits per heavy atom. The summed E-state index contributed by atoms with van der Waals surface area (Å²) in [7, 11) is 0. The number of amides is 1. The van der Waals surface area contributed by atoms with Crippen LogP contribution in [0.2, 0.25) is 0 Å². The molecule has 6 heteroatoms. The average Bonchev–Trinajstić information content (AvgIpc) is 3.06. The summed E-state index contributed by atoms with van der Waals surface area (Å²) in [6.45, 7) is 4.95. The zero-order valence-corrected chi connectivity index (χ0v) is 11.6. The van der Waals surface area contributed by atoms with Crippen molar-refractivity contribution in [2.24, 2.45) is 5.92 Å². The summed E-state index contributed by atoms with van der Waals surface area (Å²) in [5.41, 5.74) is 0.619. The Morgan fingerprint density at radius 3 is 3.00 bits per heavy atom. The van der Waals surface area contributed by atoms with Crippen LogP contribution < -0.4 is 5.32 Å². The molecule has 2 heterocycles. The second kappa shape index (κ2) is 6.91. The lowest BCUT2D eigenvalue weighted by Gasteiger charge is -2.07. The second-order valence-electron chi connectivity index (χ2n) is 4.85. The van der Waals surface area contributed by atoms with E-state index in [2.05, 4.69) is 10.5 Å². The number of nitrogens with zero attached hydrogens (tertiary/aromatic N) is 1. The molecule has 20 heavy (non-hydrogen) atoms. The zero-order valence-electron chi connectivity index (χ0n) is 11.6. The van der Waals surface area contributed by atoms with Crippen molar-refractivity contribution in [1.82, 2.24) is 10.5 Å².